The van der Waals surface area contributed by atoms with E-state index in [1.807, 2.05) is 0 Å². The minimum atomic E-state index is -4.79. The van der Waals surface area contributed by atoms with E-state index < -0.39 is 69.0 Å². The van der Waals surface area contributed by atoms with Crippen LogP contribution in [-0.2, 0) is 32.5 Å². The number of benzene rings is 2. The molecule has 3 heterocycles. The maximum Gasteiger partial charge on any atom is 0.418 e. The number of alkyl halides is 3. The van der Waals surface area contributed by atoms with Crippen LogP contribution in [0.5, 0.6) is 0 Å². The average Bonchev–Trinajstić information content (AvgIpc) is 3.29. The Labute approximate surface area is 221 Å². The number of nitrogens with one attached hydrogen (secondary N) is 1. The summed E-state index contributed by atoms with van der Waals surface area (Å²) < 4.78 is 55.4. The van der Waals surface area contributed by atoms with Crippen LogP contribution in [0.25, 0.3) is 0 Å². The van der Waals surface area contributed by atoms with Crippen LogP contribution in [0.15, 0.2) is 58.4 Å². The molecular weight excluding hydrogens is 546 g/mol. The van der Waals surface area contributed by atoms with Crippen molar-refractivity contribution in [2.24, 2.45) is 5.92 Å². The van der Waals surface area contributed by atoms with Gasteiger partial charge in [0.15, 0.2) is 0 Å². The number of hydrogen-bond donors (Lipinski definition) is 1. The van der Waals surface area contributed by atoms with Crippen LogP contribution in [0.1, 0.15) is 24.3 Å². The number of para-hydroxylation sites is 1. The first-order valence-corrected chi connectivity index (χ1v) is 13.0. The monoisotopic (exact) mass is 565 g/mol. The van der Waals surface area contributed by atoms with Gasteiger partial charge >= 0.3 is 11.0 Å². The highest BCUT2D eigenvalue weighted by Gasteiger charge is 2.60. The van der Waals surface area contributed by atoms with Gasteiger partial charge in [0.1, 0.15) is 17.6 Å². The lowest BCUT2D eigenvalue weighted by atomic mass is 9.76. The first-order valence-electron chi connectivity index (χ1n) is 11.3. The van der Waals surface area contributed by atoms with Crippen LogP contribution in [0.2, 0.25) is 0 Å². The second-order valence-electron chi connectivity index (χ2n) is 9.41. The van der Waals surface area contributed by atoms with E-state index in [0.29, 0.717) is 20.5 Å². The molecule has 0 bridgehead atoms. The number of nitrogens with zero attached hydrogens (tertiary/aromatic N) is 2. The summed E-state index contributed by atoms with van der Waals surface area (Å²) in [6.07, 6.45) is -4.79. The van der Waals surface area contributed by atoms with Gasteiger partial charge in [0, 0.05) is 16.0 Å². The Morgan fingerprint density at radius 2 is 1.68 bits per heavy atom. The van der Waals surface area contributed by atoms with Crippen molar-refractivity contribution < 1.29 is 31.9 Å². The molecule has 3 aromatic rings. The molecule has 2 aromatic carbocycles. The molecule has 0 aliphatic carbocycles. The number of thioether (sulfide) groups is 1. The predicted molar refractivity (Wildman–Crippen MR) is 134 cm³/mol. The lowest BCUT2D eigenvalue weighted by molar-refractivity contribution is -0.137. The number of imide groups is 1. The van der Waals surface area contributed by atoms with Gasteiger partial charge in [0.25, 0.3) is 0 Å². The second-order valence-corrected chi connectivity index (χ2v) is 11.5. The van der Waals surface area contributed by atoms with Crippen molar-refractivity contribution in [1.29, 1.82) is 0 Å². The number of thiazole rings is 1. The molecule has 13 heteroatoms. The average molecular weight is 566 g/mol. The van der Waals surface area contributed by atoms with Crippen molar-refractivity contribution in [3.05, 3.63) is 74.5 Å². The first kappa shape index (κ1) is 26.2. The Hall–Kier alpha value is -3.45. The van der Waals surface area contributed by atoms with Crippen molar-refractivity contribution in [2.75, 3.05) is 10.2 Å². The van der Waals surface area contributed by atoms with Crippen molar-refractivity contribution in [3.63, 3.8) is 0 Å². The summed E-state index contributed by atoms with van der Waals surface area (Å²) in [5, 5.41) is 1.79. The highest BCUT2D eigenvalue weighted by molar-refractivity contribution is 8.00. The minimum absolute atomic E-state index is 0.313. The third kappa shape index (κ3) is 4.23. The van der Waals surface area contributed by atoms with Crippen molar-refractivity contribution >= 4 is 52.2 Å². The molecule has 0 saturated carbocycles. The first-order chi connectivity index (χ1) is 17.8. The Bertz CT molecular complexity index is 1530. The van der Waals surface area contributed by atoms with Gasteiger partial charge in [-0.2, -0.15) is 13.2 Å². The number of hydrogen-bond acceptors (Lipinski definition) is 6. The van der Waals surface area contributed by atoms with Crippen LogP contribution >= 0.6 is 23.1 Å². The molecule has 2 aliphatic heterocycles. The van der Waals surface area contributed by atoms with E-state index in [1.165, 1.54) is 28.8 Å². The largest absolute Gasteiger partial charge is 0.418 e. The Morgan fingerprint density at radius 1 is 1.03 bits per heavy atom. The van der Waals surface area contributed by atoms with E-state index in [0.717, 1.165) is 47.4 Å². The number of carbonyl (C=O) groups excluding carboxylic acids is 3. The van der Waals surface area contributed by atoms with E-state index >= 15 is 0 Å². The van der Waals surface area contributed by atoms with E-state index in [2.05, 4.69) is 5.32 Å². The molecule has 0 unspecified atom stereocenters. The lowest BCUT2D eigenvalue weighted by Gasteiger charge is -2.36. The molecule has 1 aromatic heterocycles. The second kappa shape index (κ2) is 9.09. The van der Waals surface area contributed by atoms with E-state index in [1.54, 1.807) is 13.8 Å². The number of rotatable bonds is 4. The molecular formula is C25H19F4N3O4S2. The molecule has 38 heavy (non-hydrogen) atoms. The summed E-state index contributed by atoms with van der Waals surface area (Å²) in [5.41, 5.74) is -2.41. The molecule has 1 N–H and O–H groups in total. The van der Waals surface area contributed by atoms with Crippen LogP contribution in [0, 0.1) is 11.7 Å². The zero-order valence-corrected chi connectivity index (χ0v) is 21.5. The van der Waals surface area contributed by atoms with Gasteiger partial charge in [0.2, 0.25) is 17.7 Å². The van der Waals surface area contributed by atoms with Crippen LogP contribution < -0.4 is 15.1 Å². The zero-order valence-electron chi connectivity index (χ0n) is 19.8. The molecule has 0 radical (unpaired) electrons. The highest BCUT2D eigenvalue weighted by atomic mass is 32.2. The Balaban J connectivity index is 1.49. The topological polar surface area (TPSA) is 88.5 Å². The fourth-order valence-electron chi connectivity index (χ4n) is 4.79. The Kier molecular flexibility index (Phi) is 6.26. The maximum atomic E-state index is 13.7. The van der Waals surface area contributed by atoms with Gasteiger partial charge in [-0.15, -0.1) is 0 Å². The zero-order chi connectivity index (χ0) is 27.6. The normalized spacial score (nSPS) is 20.3. The van der Waals surface area contributed by atoms with Crippen LogP contribution in [-0.4, -0.2) is 27.5 Å². The molecule has 7 nitrogen and oxygen atoms in total. The summed E-state index contributed by atoms with van der Waals surface area (Å²) in [5.74, 6) is -3.67. The molecule has 5 rings (SSSR count). The molecule has 1 saturated heterocycles. The summed E-state index contributed by atoms with van der Waals surface area (Å²) in [4.78, 5) is 53.1. The van der Waals surface area contributed by atoms with Gasteiger partial charge in [-0.25, -0.2) is 9.29 Å². The van der Waals surface area contributed by atoms with E-state index in [-0.39, 0.29) is 0 Å². The number of amides is 3. The van der Waals surface area contributed by atoms with Gasteiger partial charge in [-0.3, -0.25) is 23.7 Å². The highest BCUT2D eigenvalue weighted by Crippen LogP contribution is 2.55. The van der Waals surface area contributed by atoms with Gasteiger partial charge < -0.3 is 5.32 Å². The molecule has 2 atom stereocenters. The minimum Gasteiger partial charge on any atom is -0.325 e. The van der Waals surface area contributed by atoms with Gasteiger partial charge in [-0.1, -0.05) is 49.1 Å². The molecule has 1 fully saturated rings. The van der Waals surface area contributed by atoms with E-state index in [4.69, 9.17) is 0 Å². The number of aromatic nitrogens is 1. The van der Waals surface area contributed by atoms with Crippen molar-refractivity contribution in [1.82, 2.24) is 4.57 Å². The summed E-state index contributed by atoms with van der Waals surface area (Å²) in [6.45, 7) is 2.91. The fraction of sp³-hybridized carbons (Fsp3) is 0.280. The fourth-order valence-corrected chi connectivity index (χ4v) is 7.83. The molecule has 3 amide bonds. The Morgan fingerprint density at radius 3 is 2.34 bits per heavy atom. The summed E-state index contributed by atoms with van der Waals surface area (Å²) in [6, 6.07) is 9.44. The van der Waals surface area contributed by atoms with Crippen molar-refractivity contribution in [2.45, 2.75) is 42.3 Å². The lowest BCUT2D eigenvalue weighted by Crippen LogP contribution is -2.42. The summed E-state index contributed by atoms with van der Waals surface area (Å²) in [7, 11) is 0. The quantitative estimate of drug-likeness (QED) is 0.368. The number of fused-ring (bicyclic) bond motifs is 2. The van der Waals surface area contributed by atoms with Crippen molar-refractivity contribution in [3.8, 4) is 0 Å². The smallest absolute Gasteiger partial charge is 0.325 e. The van der Waals surface area contributed by atoms with Gasteiger partial charge in [0.05, 0.1) is 22.2 Å². The molecule has 2 aliphatic rings. The van der Waals surface area contributed by atoms with E-state index in [9.17, 15) is 36.7 Å². The van der Waals surface area contributed by atoms with Crippen LogP contribution in [0.3, 0.4) is 0 Å². The molecule has 0 spiro atoms. The predicted octanol–water partition coefficient (Wildman–Crippen LogP) is 4.65. The number of carbonyl (C=O) groups is 3. The molecule has 198 valence electrons. The van der Waals surface area contributed by atoms with Crippen LogP contribution in [0.4, 0.5) is 28.9 Å². The number of halogens is 4. The third-order valence-electron chi connectivity index (χ3n) is 6.58. The van der Waals surface area contributed by atoms with Gasteiger partial charge in [-0.05, 0) is 36.4 Å². The maximum absolute atomic E-state index is 13.7. The number of anilines is 2. The SMILES string of the molecule is CC1(C)c2sc(=O)n(CC(=O)Nc3ccc(F)cc3)c2S[C@@H]2C(=O)N(c3ccccc3C(F)(F)F)C(=O)[C@@H]21. The standard InChI is InChI=1S/C25H19F4N3O4S2/c1-24(2)17-18(21(35)32(20(17)34)15-6-4-3-5-14(15)25(27,28)29)37-22-19(24)38-23(36)31(22)11-16(33)30-13-9-7-12(26)8-10-13/h3-10,17-18H,11H2,1-2H3,(H,30,33)/t17-,18+/m1/s1. The summed E-state index contributed by atoms with van der Waals surface area (Å²) >= 11 is 1.73. The third-order valence-corrected chi connectivity index (χ3v) is 9.41.